The first-order chi connectivity index (χ1) is 5.35. The molecule has 0 aliphatic rings. The molecule has 0 amide bonds. The molecule has 1 unspecified atom stereocenters. The van der Waals surface area contributed by atoms with Crippen LogP contribution in [0.1, 0.15) is 27.2 Å². The van der Waals surface area contributed by atoms with Gasteiger partial charge in [0.25, 0.3) is 0 Å². The lowest BCUT2D eigenvalue weighted by Gasteiger charge is -2.26. The molecule has 0 fully saturated rings. The Morgan fingerprint density at radius 3 is 2.00 bits per heavy atom. The molecule has 0 rings (SSSR count). The largest absolute Gasteiger partial charge is 0.406 e. The predicted molar refractivity (Wildman–Crippen MR) is 61.2 cm³/mol. The number of rotatable bonds is 5. The molecule has 1 atom stereocenters. The lowest BCUT2D eigenvalue weighted by Crippen LogP contribution is -2.30. The molecule has 0 heterocycles. The van der Waals surface area contributed by atoms with Gasteiger partial charge in [0.05, 0.1) is 5.44 Å². The van der Waals surface area contributed by atoms with Gasteiger partial charge in [-0.05, 0) is 26.1 Å². The maximum atomic E-state index is 6.00. The summed E-state index contributed by atoms with van der Waals surface area (Å²) in [6, 6.07) is 0. The Kier molecular flexibility index (Phi) is 5.53. The van der Waals surface area contributed by atoms with Gasteiger partial charge in [-0.25, -0.2) is 0 Å². The Hall–Kier alpha value is 0.527. The van der Waals surface area contributed by atoms with Crippen LogP contribution in [0.2, 0.25) is 19.6 Å². The van der Waals surface area contributed by atoms with Crippen molar-refractivity contribution in [2.45, 2.75) is 57.5 Å². The van der Waals surface area contributed by atoms with Crippen LogP contribution in [0.3, 0.4) is 0 Å². The molecule has 0 aromatic heterocycles. The SMILES string of the molecule is CCC(O[Si](C)(C)C)SC(C)C. The minimum Gasteiger partial charge on any atom is -0.406 e. The first-order valence-corrected chi connectivity index (χ1v) is 9.03. The second kappa shape index (κ2) is 5.30. The Bertz CT molecular complexity index is 120. The van der Waals surface area contributed by atoms with Crippen LogP contribution in [0, 0.1) is 0 Å². The highest BCUT2D eigenvalue weighted by molar-refractivity contribution is 8.00. The van der Waals surface area contributed by atoms with Crippen molar-refractivity contribution in [3.05, 3.63) is 0 Å². The second-order valence-corrected chi connectivity index (χ2v) is 10.5. The summed E-state index contributed by atoms with van der Waals surface area (Å²) >= 11 is 1.94. The molecule has 0 bridgehead atoms. The molecule has 0 radical (unpaired) electrons. The molecule has 12 heavy (non-hydrogen) atoms. The summed E-state index contributed by atoms with van der Waals surface area (Å²) in [5.74, 6) is 0. The van der Waals surface area contributed by atoms with Crippen LogP contribution in [0.4, 0.5) is 0 Å². The standard InChI is InChI=1S/C9H22OSSi/c1-7-9(11-8(2)3)10-12(4,5)6/h8-9H,7H2,1-6H3. The smallest absolute Gasteiger partial charge is 0.185 e. The van der Waals surface area contributed by atoms with E-state index in [0.29, 0.717) is 10.7 Å². The molecule has 0 aliphatic heterocycles. The zero-order valence-electron chi connectivity index (χ0n) is 9.18. The van der Waals surface area contributed by atoms with Crippen LogP contribution in [0.25, 0.3) is 0 Å². The molecule has 0 saturated heterocycles. The average Bonchev–Trinajstić information content (AvgIpc) is 1.82. The summed E-state index contributed by atoms with van der Waals surface area (Å²) in [6.45, 7) is 13.4. The highest BCUT2D eigenvalue weighted by atomic mass is 32.2. The molecule has 0 saturated carbocycles. The van der Waals surface area contributed by atoms with E-state index in [4.69, 9.17) is 4.43 Å². The molecule has 3 heteroatoms. The number of hydrogen-bond donors (Lipinski definition) is 0. The predicted octanol–water partition coefficient (Wildman–Crippen LogP) is 3.72. The fraction of sp³-hybridized carbons (Fsp3) is 1.00. The summed E-state index contributed by atoms with van der Waals surface area (Å²) in [5.41, 5.74) is 0.414. The van der Waals surface area contributed by atoms with Crippen LogP contribution < -0.4 is 0 Å². The third kappa shape index (κ3) is 7.19. The molecular formula is C9H22OSSi. The molecular weight excluding hydrogens is 184 g/mol. The van der Waals surface area contributed by atoms with E-state index in [9.17, 15) is 0 Å². The average molecular weight is 206 g/mol. The molecule has 0 N–H and O–H groups in total. The van der Waals surface area contributed by atoms with Crippen molar-refractivity contribution in [1.29, 1.82) is 0 Å². The van der Waals surface area contributed by atoms with Gasteiger partial charge < -0.3 is 4.43 Å². The highest BCUT2D eigenvalue weighted by Crippen LogP contribution is 2.24. The molecule has 0 aliphatic carbocycles. The van der Waals surface area contributed by atoms with Crippen molar-refractivity contribution in [2.24, 2.45) is 0 Å². The van der Waals surface area contributed by atoms with Crippen molar-refractivity contribution in [2.75, 3.05) is 0 Å². The molecule has 0 spiro atoms. The first kappa shape index (κ1) is 12.5. The van der Waals surface area contributed by atoms with Crippen LogP contribution in [0.15, 0.2) is 0 Å². The lowest BCUT2D eigenvalue weighted by molar-refractivity contribution is 0.276. The second-order valence-electron chi connectivity index (χ2n) is 4.25. The van der Waals surface area contributed by atoms with Gasteiger partial charge in [0, 0.05) is 5.25 Å². The van der Waals surface area contributed by atoms with E-state index in [2.05, 4.69) is 40.4 Å². The van der Waals surface area contributed by atoms with Gasteiger partial charge in [-0.2, -0.15) is 0 Å². The summed E-state index contributed by atoms with van der Waals surface area (Å²) in [5, 5.41) is 0.672. The fourth-order valence-electron chi connectivity index (χ4n) is 0.905. The third-order valence-electron chi connectivity index (χ3n) is 1.24. The van der Waals surface area contributed by atoms with E-state index >= 15 is 0 Å². The van der Waals surface area contributed by atoms with E-state index in [-0.39, 0.29) is 0 Å². The lowest BCUT2D eigenvalue weighted by atomic mass is 10.5. The van der Waals surface area contributed by atoms with E-state index in [1.807, 2.05) is 11.8 Å². The van der Waals surface area contributed by atoms with Gasteiger partial charge in [0.1, 0.15) is 0 Å². The van der Waals surface area contributed by atoms with Gasteiger partial charge in [-0.15, -0.1) is 11.8 Å². The normalized spacial score (nSPS) is 15.2. The van der Waals surface area contributed by atoms with Crippen LogP contribution in [-0.4, -0.2) is 19.0 Å². The van der Waals surface area contributed by atoms with Crippen LogP contribution in [0.5, 0.6) is 0 Å². The monoisotopic (exact) mass is 206 g/mol. The maximum absolute atomic E-state index is 6.00. The summed E-state index contributed by atoms with van der Waals surface area (Å²) < 4.78 is 6.00. The summed E-state index contributed by atoms with van der Waals surface area (Å²) in [6.07, 6.45) is 1.12. The molecule has 74 valence electrons. The maximum Gasteiger partial charge on any atom is 0.185 e. The molecule has 0 aromatic rings. The van der Waals surface area contributed by atoms with Gasteiger partial charge in [0.2, 0.25) is 0 Å². The van der Waals surface area contributed by atoms with Crippen LogP contribution >= 0.6 is 11.8 Å². The Balaban J connectivity index is 3.83. The Morgan fingerprint density at radius 1 is 1.25 bits per heavy atom. The van der Waals surface area contributed by atoms with E-state index in [0.717, 1.165) is 6.42 Å². The topological polar surface area (TPSA) is 9.23 Å². The van der Waals surface area contributed by atoms with E-state index < -0.39 is 8.32 Å². The van der Waals surface area contributed by atoms with Gasteiger partial charge in [0.15, 0.2) is 8.32 Å². The number of thioether (sulfide) groups is 1. The van der Waals surface area contributed by atoms with Crippen molar-refractivity contribution in [3.63, 3.8) is 0 Å². The van der Waals surface area contributed by atoms with Gasteiger partial charge >= 0.3 is 0 Å². The Morgan fingerprint density at radius 2 is 1.75 bits per heavy atom. The van der Waals surface area contributed by atoms with E-state index in [1.54, 1.807) is 0 Å². The fourth-order valence-corrected chi connectivity index (χ4v) is 3.75. The molecule has 1 nitrogen and oxygen atoms in total. The number of hydrogen-bond acceptors (Lipinski definition) is 2. The minimum atomic E-state index is -1.33. The zero-order valence-corrected chi connectivity index (χ0v) is 11.0. The Labute approximate surface area is 82.4 Å². The first-order valence-electron chi connectivity index (χ1n) is 4.68. The van der Waals surface area contributed by atoms with Gasteiger partial charge in [-0.1, -0.05) is 20.8 Å². The van der Waals surface area contributed by atoms with Gasteiger partial charge in [-0.3, -0.25) is 0 Å². The van der Waals surface area contributed by atoms with Crippen LogP contribution in [-0.2, 0) is 4.43 Å². The minimum absolute atomic E-state index is 0.414. The summed E-state index contributed by atoms with van der Waals surface area (Å²) in [7, 11) is -1.33. The molecule has 0 aromatic carbocycles. The summed E-state index contributed by atoms with van der Waals surface area (Å²) in [4.78, 5) is 0. The highest BCUT2D eigenvalue weighted by Gasteiger charge is 2.20. The third-order valence-corrected chi connectivity index (χ3v) is 3.68. The van der Waals surface area contributed by atoms with E-state index in [1.165, 1.54) is 0 Å². The van der Waals surface area contributed by atoms with Crippen molar-refractivity contribution in [1.82, 2.24) is 0 Å². The zero-order chi connectivity index (χ0) is 9.78. The van der Waals surface area contributed by atoms with Crippen molar-refractivity contribution in [3.8, 4) is 0 Å². The van der Waals surface area contributed by atoms with Crippen molar-refractivity contribution >= 4 is 20.1 Å². The quantitative estimate of drug-likeness (QED) is 0.501. The van der Waals surface area contributed by atoms with Crippen molar-refractivity contribution < 1.29 is 4.43 Å².